The molecule has 0 aromatic heterocycles. The first-order chi connectivity index (χ1) is 7.97. The van der Waals surface area contributed by atoms with E-state index in [9.17, 15) is 21.6 Å². The average Bonchev–Trinajstić information content (AvgIpc) is 2.14. The SMILES string of the molecule is CC(C)(NS(=O)(=O)c1ccccc1Br)C(F)(F)F. The van der Waals surface area contributed by atoms with E-state index in [2.05, 4.69) is 15.9 Å². The molecule has 18 heavy (non-hydrogen) atoms. The van der Waals surface area contributed by atoms with Gasteiger partial charge >= 0.3 is 6.18 Å². The van der Waals surface area contributed by atoms with Crippen molar-refractivity contribution in [2.24, 2.45) is 0 Å². The zero-order valence-corrected chi connectivity index (χ0v) is 11.9. The van der Waals surface area contributed by atoms with Crippen molar-refractivity contribution in [3.8, 4) is 0 Å². The molecule has 1 N–H and O–H groups in total. The summed E-state index contributed by atoms with van der Waals surface area (Å²) < 4.78 is 63.5. The monoisotopic (exact) mass is 345 g/mol. The molecule has 8 heteroatoms. The van der Waals surface area contributed by atoms with E-state index in [-0.39, 0.29) is 9.37 Å². The predicted octanol–water partition coefficient (Wildman–Crippen LogP) is 3.07. The fourth-order valence-electron chi connectivity index (χ4n) is 1.11. The number of hydrogen-bond donors (Lipinski definition) is 1. The lowest BCUT2D eigenvalue weighted by Crippen LogP contribution is -2.54. The minimum absolute atomic E-state index is 0.204. The van der Waals surface area contributed by atoms with Crippen molar-refractivity contribution in [3.05, 3.63) is 28.7 Å². The second-order valence-electron chi connectivity index (χ2n) is 4.16. The number of halogens is 4. The molecule has 1 rings (SSSR count). The molecule has 0 saturated heterocycles. The van der Waals surface area contributed by atoms with Crippen molar-refractivity contribution in [2.45, 2.75) is 30.5 Å². The van der Waals surface area contributed by atoms with E-state index in [1.807, 2.05) is 0 Å². The van der Waals surface area contributed by atoms with Crippen molar-refractivity contribution in [1.82, 2.24) is 4.72 Å². The predicted molar refractivity (Wildman–Crippen MR) is 64.6 cm³/mol. The van der Waals surface area contributed by atoms with Crippen molar-refractivity contribution >= 4 is 26.0 Å². The van der Waals surface area contributed by atoms with E-state index in [0.717, 1.165) is 13.8 Å². The van der Waals surface area contributed by atoms with Crippen LogP contribution in [0.1, 0.15) is 13.8 Å². The summed E-state index contributed by atoms with van der Waals surface area (Å²) in [6.45, 7) is 1.53. The highest BCUT2D eigenvalue weighted by Crippen LogP contribution is 2.32. The summed E-state index contributed by atoms with van der Waals surface area (Å²) in [7, 11) is -4.25. The van der Waals surface area contributed by atoms with Gasteiger partial charge < -0.3 is 0 Å². The van der Waals surface area contributed by atoms with Crippen molar-refractivity contribution < 1.29 is 21.6 Å². The molecule has 0 aliphatic rings. The standard InChI is InChI=1S/C10H11BrF3NO2S/c1-9(2,10(12,13)14)15-18(16,17)8-6-4-3-5-7(8)11/h3-6,15H,1-2H3. The van der Waals surface area contributed by atoms with Gasteiger partial charge in [0.1, 0.15) is 5.54 Å². The Morgan fingerprint density at radius 2 is 1.67 bits per heavy atom. The Bertz CT molecular complexity index is 540. The van der Waals surface area contributed by atoms with E-state index >= 15 is 0 Å². The van der Waals surface area contributed by atoms with Gasteiger partial charge in [-0.15, -0.1) is 0 Å². The highest BCUT2D eigenvalue weighted by atomic mass is 79.9. The molecule has 0 radical (unpaired) electrons. The van der Waals surface area contributed by atoms with Gasteiger partial charge in [0.2, 0.25) is 10.0 Å². The highest BCUT2D eigenvalue weighted by molar-refractivity contribution is 9.10. The largest absolute Gasteiger partial charge is 0.407 e. The van der Waals surface area contributed by atoms with E-state index in [1.165, 1.54) is 18.2 Å². The maximum atomic E-state index is 12.6. The van der Waals surface area contributed by atoms with Gasteiger partial charge in [0.05, 0.1) is 4.90 Å². The summed E-state index contributed by atoms with van der Waals surface area (Å²) in [5.74, 6) is 0. The summed E-state index contributed by atoms with van der Waals surface area (Å²) >= 11 is 2.99. The van der Waals surface area contributed by atoms with E-state index < -0.39 is 21.7 Å². The van der Waals surface area contributed by atoms with Crippen LogP contribution in [0.25, 0.3) is 0 Å². The maximum Gasteiger partial charge on any atom is 0.407 e. The molecule has 1 aromatic carbocycles. The molecule has 102 valence electrons. The number of benzene rings is 1. The van der Waals surface area contributed by atoms with Crippen LogP contribution in [0.15, 0.2) is 33.6 Å². The van der Waals surface area contributed by atoms with Crippen molar-refractivity contribution in [1.29, 1.82) is 0 Å². The van der Waals surface area contributed by atoms with Crippen molar-refractivity contribution in [2.75, 3.05) is 0 Å². The van der Waals surface area contributed by atoms with Gasteiger partial charge in [-0.25, -0.2) is 8.42 Å². The molecule has 0 unspecified atom stereocenters. The van der Waals surface area contributed by atoms with Gasteiger partial charge in [-0.1, -0.05) is 12.1 Å². The number of hydrogen-bond acceptors (Lipinski definition) is 2. The molecule has 0 aliphatic carbocycles. The van der Waals surface area contributed by atoms with Gasteiger partial charge in [-0.2, -0.15) is 17.9 Å². The molecule has 0 saturated carbocycles. The minimum atomic E-state index is -4.68. The molecule has 1 aromatic rings. The zero-order valence-electron chi connectivity index (χ0n) is 9.55. The summed E-state index contributed by atoms with van der Waals surface area (Å²) in [6.07, 6.45) is -4.68. The number of alkyl halides is 3. The third-order valence-electron chi connectivity index (χ3n) is 2.22. The van der Waals surface area contributed by atoms with Gasteiger partial charge in [-0.05, 0) is 41.9 Å². The molecule has 0 heterocycles. The van der Waals surface area contributed by atoms with Crippen LogP contribution in [0.3, 0.4) is 0 Å². The molecular weight excluding hydrogens is 335 g/mol. The second-order valence-corrected chi connectivity index (χ2v) is 6.66. The van der Waals surface area contributed by atoms with Crippen LogP contribution in [-0.4, -0.2) is 20.1 Å². The molecule has 3 nitrogen and oxygen atoms in total. The zero-order chi connectivity index (χ0) is 14.2. The molecule has 0 aliphatic heterocycles. The number of rotatable bonds is 3. The molecule has 0 atom stereocenters. The fraction of sp³-hybridized carbons (Fsp3) is 0.400. The lowest BCUT2D eigenvalue weighted by molar-refractivity contribution is -0.180. The number of nitrogens with one attached hydrogen (secondary N) is 1. The summed E-state index contributed by atoms with van der Waals surface area (Å²) in [4.78, 5) is -0.234. The normalized spacial score (nSPS) is 13.7. The smallest absolute Gasteiger partial charge is 0.207 e. The molecule has 0 amide bonds. The Hall–Kier alpha value is -0.600. The molecule has 0 bridgehead atoms. The van der Waals surface area contributed by atoms with E-state index in [1.54, 1.807) is 10.8 Å². The quantitative estimate of drug-likeness (QED) is 0.914. The molecular formula is C10H11BrF3NO2S. The first-order valence-electron chi connectivity index (χ1n) is 4.82. The van der Waals surface area contributed by atoms with Gasteiger partial charge in [-0.3, -0.25) is 0 Å². The summed E-state index contributed by atoms with van der Waals surface area (Å²) in [5.41, 5.74) is -2.54. The second kappa shape index (κ2) is 4.82. The van der Waals surface area contributed by atoms with Crippen LogP contribution in [0.4, 0.5) is 13.2 Å². The Morgan fingerprint density at radius 3 is 2.11 bits per heavy atom. The lowest BCUT2D eigenvalue weighted by Gasteiger charge is -2.28. The molecule has 0 spiro atoms. The summed E-state index contributed by atoms with van der Waals surface area (Å²) in [6, 6.07) is 5.66. The fourth-order valence-corrected chi connectivity index (χ4v) is 3.52. The van der Waals surface area contributed by atoms with Gasteiger partial charge in [0, 0.05) is 4.47 Å². The number of sulfonamides is 1. The molecule has 0 fully saturated rings. The topological polar surface area (TPSA) is 46.2 Å². The summed E-state index contributed by atoms with van der Waals surface area (Å²) in [5, 5.41) is 0. The minimum Gasteiger partial charge on any atom is -0.207 e. The van der Waals surface area contributed by atoms with Crippen LogP contribution in [0.2, 0.25) is 0 Å². The Balaban J connectivity index is 3.16. The van der Waals surface area contributed by atoms with Crippen LogP contribution in [-0.2, 0) is 10.0 Å². The Morgan fingerprint density at radius 1 is 1.17 bits per heavy atom. The lowest BCUT2D eigenvalue weighted by atomic mass is 10.1. The Kier molecular flexibility index (Phi) is 4.14. The van der Waals surface area contributed by atoms with Crippen LogP contribution < -0.4 is 4.72 Å². The van der Waals surface area contributed by atoms with Gasteiger partial charge in [0.25, 0.3) is 0 Å². The van der Waals surface area contributed by atoms with Crippen LogP contribution in [0.5, 0.6) is 0 Å². The first kappa shape index (κ1) is 15.5. The Labute approximate surface area is 112 Å². The highest BCUT2D eigenvalue weighted by Gasteiger charge is 2.49. The third-order valence-corrected chi connectivity index (χ3v) is 4.89. The third kappa shape index (κ3) is 3.24. The maximum absolute atomic E-state index is 12.6. The first-order valence-corrected chi connectivity index (χ1v) is 7.10. The van der Waals surface area contributed by atoms with E-state index in [4.69, 9.17) is 0 Å². The van der Waals surface area contributed by atoms with Crippen LogP contribution in [0, 0.1) is 0 Å². The average molecular weight is 346 g/mol. The van der Waals surface area contributed by atoms with Crippen molar-refractivity contribution in [3.63, 3.8) is 0 Å². The van der Waals surface area contributed by atoms with E-state index in [0.29, 0.717) is 0 Å². The van der Waals surface area contributed by atoms with Crippen LogP contribution >= 0.6 is 15.9 Å². The van der Waals surface area contributed by atoms with Gasteiger partial charge in [0.15, 0.2) is 0 Å².